The van der Waals surface area contributed by atoms with E-state index in [0.29, 0.717) is 18.8 Å². The Balaban J connectivity index is 1.81. The lowest BCUT2D eigenvalue weighted by atomic mass is 10.1. The van der Waals surface area contributed by atoms with Crippen molar-refractivity contribution in [1.29, 1.82) is 0 Å². The summed E-state index contributed by atoms with van der Waals surface area (Å²) in [4.78, 5) is 11.1. The number of aromatic carboxylic acids is 1. The number of carbonyl (C=O) groups is 1. The minimum Gasteiger partial charge on any atom is -0.493 e. The van der Waals surface area contributed by atoms with Crippen molar-refractivity contribution in [3.8, 4) is 5.75 Å². The van der Waals surface area contributed by atoms with Crippen molar-refractivity contribution < 1.29 is 14.6 Å². The molecule has 0 aromatic heterocycles. The van der Waals surface area contributed by atoms with Crippen LogP contribution in [0, 0.1) is 13.8 Å². The molecule has 0 spiro atoms. The fourth-order valence-electron chi connectivity index (χ4n) is 2.16. The molecule has 0 amide bonds. The van der Waals surface area contributed by atoms with Gasteiger partial charge in [0.1, 0.15) is 5.75 Å². The Labute approximate surface area is 130 Å². The van der Waals surface area contributed by atoms with Crippen molar-refractivity contribution in [2.24, 2.45) is 0 Å². The van der Waals surface area contributed by atoms with Crippen LogP contribution >= 0.6 is 0 Å². The quantitative estimate of drug-likeness (QED) is 0.762. The molecule has 0 unspecified atom stereocenters. The van der Waals surface area contributed by atoms with Crippen LogP contribution in [0.2, 0.25) is 0 Å². The summed E-state index contributed by atoms with van der Waals surface area (Å²) in [5.74, 6) is -0.0133. The van der Waals surface area contributed by atoms with Crippen LogP contribution in [0.1, 0.15) is 27.9 Å². The van der Waals surface area contributed by atoms with Gasteiger partial charge >= 0.3 is 5.97 Å². The van der Waals surface area contributed by atoms with Gasteiger partial charge in [-0.1, -0.05) is 24.3 Å². The van der Waals surface area contributed by atoms with Crippen molar-refractivity contribution in [2.45, 2.75) is 20.3 Å². The second-order valence-corrected chi connectivity index (χ2v) is 5.25. The lowest BCUT2D eigenvalue weighted by molar-refractivity contribution is 0.0698. The third-order valence-electron chi connectivity index (χ3n) is 3.40. The molecule has 116 valence electrons. The summed E-state index contributed by atoms with van der Waals surface area (Å²) in [6.07, 6.45) is 0.793. The lowest BCUT2D eigenvalue weighted by Crippen LogP contribution is -2.10. The molecule has 2 aromatic rings. The van der Waals surface area contributed by atoms with E-state index in [1.165, 1.54) is 5.56 Å². The largest absolute Gasteiger partial charge is 0.493 e. The zero-order valence-corrected chi connectivity index (χ0v) is 12.9. The maximum absolute atomic E-state index is 11.1. The highest BCUT2D eigenvalue weighted by atomic mass is 16.5. The Kier molecular flexibility index (Phi) is 5.42. The number of carboxylic acids is 1. The number of hydrogen-bond acceptors (Lipinski definition) is 3. The Morgan fingerprint density at radius 1 is 1.18 bits per heavy atom. The van der Waals surface area contributed by atoms with E-state index in [1.807, 2.05) is 32.0 Å². The summed E-state index contributed by atoms with van der Waals surface area (Å²) in [6.45, 7) is 5.31. The van der Waals surface area contributed by atoms with Crippen molar-refractivity contribution in [2.75, 3.05) is 18.5 Å². The summed E-state index contributed by atoms with van der Waals surface area (Å²) < 4.78 is 5.78. The van der Waals surface area contributed by atoms with Crippen LogP contribution in [0.5, 0.6) is 5.75 Å². The molecular formula is C18H21NO3. The molecule has 0 aliphatic carbocycles. The Bertz CT molecular complexity index is 653. The topological polar surface area (TPSA) is 58.6 Å². The summed E-state index contributed by atoms with van der Waals surface area (Å²) in [5, 5.41) is 12.3. The van der Waals surface area contributed by atoms with E-state index in [4.69, 9.17) is 9.84 Å². The molecule has 0 aliphatic heterocycles. The molecule has 2 rings (SSSR count). The van der Waals surface area contributed by atoms with Crippen molar-refractivity contribution in [1.82, 2.24) is 0 Å². The van der Waals surface area contributed by atoms with Crippen LogP contribution in [0.25, 0.3) is 0 Å². The van der Waals surface area contributed by atoms with Gasteiger partial charge in [0, 0.05) is 12.2 Å². The Morgan fingerprint density at radius 3 is 2.73 bits per heavy atom. The molecule has 0 radical (unpaired) electrons. The van der Waals surface area contributed by atoms with Gasteiger partial charge in [-0.3, -0.25) is 0 Å². The van der Waals surface area contributed by atoms with E-state index < -0.39 is 5.97 Å². The fourth-order valence-corrected chi connectivity index (χ4v) is 2.16. The summed E-state index contributed by atoms with van der Waals surface area (Å²) in [6, 6.07) is 13.0. The highest BCUT2D eigenvalue weighted by Crippen LogP contribution is 2.19. The number of hydrogen-bond donors (Lipinski definition) is 2. The van der Waals surface area contributed by atoms with Gasteiger partial charge in [-0.25, -0.2) is 4.79 Å². The molecule has 0 heterocycles. The smallest absolute Gasteiger partial charge is 0.337 e. The van der Waals surface area contributed by atoms with Crippen molar-refractivity contribution in [3.05, 3.63) is 59.2 Å². The number of ether oxygens (including phenoxy) is 1. The Hall–Kier alpha value is -2.49. The highest BCUT2D eigenvalue weighted by Gasteiger charge is 2.07. The van der Waals surface area contributed by atoms with Crippen molar-refractivity contribution >= 4 is 11.7 Å². The average molecular weight is 299 g/mol. The molecule has 2 N–H and O–H groups in total. The maximum Gasteiger partial charge on any atom is 0.337 e. The SMILES string of the molecule is Cc1ccc(C)c(OCCCNc2ccccc2C(=O)O)c1. The molecule has 0 bridgehead atoms. The number of anilines is 1. The van der Waals surface area contributed by atoms with Gasteiger partial charge in [0.25, 0.3) is 0 Å². The van der Waals surface area contributed by atoms with E-state index in [2.05, 4.69) is 11.4 Å². The number of benzene rings is 2. The minimum atomic E-state index is -0.922. The lowest BCUT2D eigenvalue weighted by Gasteiger charge is -2.12. The molecular weight excluding hydrogens is 278 g/mol. The number of carboxylic acid groups (broad SMARTS) is 1. The molecule has 4 nitrogen and oxygen atoms in total. The number of para-hydroxylation sites is 1. The predicted octanol–water partition coefficient (Wildman–Crippen LogP) is 3.88. The maximum atomic E-state index is 11.1. The van der Waals surface area contributed by atoms with Gasteiger partial charge in [0.05, 0.1) is 12.2 Å². The first-order valence-corrected chi connectivity index (χ1v) is 7.34. The Morgan fingerprint density at radius 2 is 1.95 bits per heavy atom. The first-order chi connectivity index (χ1) is 10.6. The van der Waals surface area contributed by atoms with Gasteiger partial charge in [-0.15, -0.1) is 0 Å². The van der Waals surface area contributed by atoms with Gasteiger partial charge in [-0.05, 0) is 49.6 Å². The zero-order chi connectivity index (χ0) is 15.9. The van der Waals surface area contributed by atoms with Gasteiger partial charge in [0.2, 0.25) is 0 Å². The van der Waals surface area contributed by atoms with E-state index >= 15 is 0 Å². The van der Waals surface area contributed by atoms with Gasteiger partial charge in [0.15, 0.2) is 0 Å². The molecule has 0 aliphatic rings. The van der Waals surface area contributed by atoms with Gasteiger partial charge in [-0.2, -0.15) is 0 Å². The summed E-state index contributed by atoms with van der Waals surface area (Å²) in [7, 11) is 0. The fraction of sp³-hybridized carbons (Fsp3) is 0.278. The predicted molar refractivity (Wildman–Crippen MR) is 87.9 cm³/mol. The summed E-state index contributed by atoms with van der Waals surface area (Å²) in [5.41, 5.74) is 3.23. The summed E-state index contributed by atoms with van der Waals surface area (Å²) >= 11 is 0. The molecule has 0 atom stereocenters. The number of aryl methyl sites for hydroxylation is 2. The monoisotopic (exact) mass is 299 g/mol. The molecule has 2 aromatic carbocycles. The third kappa shape index (κ3) is 4.25. The highest BCUT2D eigenvalue weighted by molar-refractivity contribution is 5.94. The second-order valence-electron chi connectivity index (χ2n) is 5.25. The van der Waals surface area contributed by atoms with E-state index in [0.717, 1.165) is 17.7 Å². The van der Waals surface area contributed by atoms with Crippen LogP contribution in [0.15, 0.2) is 42.5 Å². The molecule has 0 saturated carbocycles. The molecule has 0 saturated heterocycles. The van der Waals surface area contributed by atoms with E-state index in [1.54, 1.807) is 18.2 Å². The number of rotatable bonds is 7. The van der Waals surface area contributed by atoms with Crippen LogP contribution in [-0.4, -0.2) is 24.2 Å². The van der Waals surface area contributed by atoms with E-state index in [9.17, 15) is 4.79 Å². The first-order valence-electron chi connectivity index (χ1n) is 7.34. The second kappa shape index (κ2) is 7.50. The van der Waals surface area contributed by atoms with E-state index in [-0.39, 0.29) is 5.56 Å². The molecule has 0 fully saturated rings. The van der Waals surface area contributed by atoms with Crippen molar-refractivity contribution in [3.63, 3.8) is 0 Å². The molecule has 4 heteroatoms. The van der Waals surface area contributed by atoms with Crippen LogP contribution in [0.4, 0.5) is 5.69 Å². The van der Waals surface area contributed by atoms with Crippen LogP contribution in [-0.2, 0) is 0 Å². The van der Waals surface area contributed by atoms with Crippen LogP contribution < -0.4 is 10.1 Å². The zero-order valence-electron chi connectivity index (χ0n) is 12.9. The number of nitrogens with one attached hydrogen (secondary N) is 1. The average Bonchev–Trinajstić information content (AvgIpc) is 2.50. The third-order valence-corrected chi connectivity index (χ3v) is 3.40. The van der Waals surface area contributed by atoms with Crippen LogP contribution in [0.3, 0.4) is 0 Å². The first kappa shape index (κ1) is 15.9. The molecule has 22 heavy (non-hydrogen) atoms. The normalized spacial score (nSPS) is 10.3. The standard InChI is InChI=1S/C18H21NO3/c1-13-8-9-14(2)17(12-13)22-11-5-10-19-16-7-4-3-6-15(16)18(20)21/h3-4,6-9,12,19H,5,10-11H2,1-2H3,(H,20,21). The minimum absolute atomic E-state index is 0.290. The van der Waals surface area contributed by atoms with Gasteiger partial charge < -0.3 is 15.2 Å².